The second-order valence-electron chi connectivity index (χ2n) is 9.31. The van der Waals surface area contributed by atoms with Gasteiger partial charge in [0.25, 0.3) is 0 Å². The fraction of sp³-hybridized carbons (Fsp3) is 0.200. The first-order valence-electron chi connectivity index (χ1n) is 13.0. The van der Waals surface area contributed by atoms with Crippen LogP contribution in [-0.2, 0) is 10.0 Å². The third-order valence-electron chi connectivity index (χ3n) is 6.99. The molecule has 0 radical (unpaired) electrons. The van der Waals surface area contributed by atoms with Crippen LogP contribution in [0.2, 0.25) is 0 Å². The van der Waals surface area contributed by atoms with Crippen LogP contribution >= 0.6 is 0 Å². The summed E-state index contributed by atoms with van der Waals surface area (Å²) in [5.74, 6) is 1.62. The molecule has 2 aromatic heterocycles. The van der Waals surface area contributed by atoms with Crippen molar-refractivity contribution in [1.29, 1.82) is 0 Å². The number of hydrogen-bond donors (Lipinski definition) is 0. The van der Waals surface area contributed by atoms with Crippen molar-refractivity contribution in [3.8, 4) is 22.6 Å². The number of sulfonamides is 1. The minimum Gasteiger partial charge on any atom is -0.494 e. The van der Waals surface area contributed by atoms with Gasteiger partial charge in [-0.1, -0.05) is 48.5 Å². The average molecular weight is 540 g/mol. The standard InChI is InChI=1S/C30H29N5O3S/c1-2-38-25-15-13-24(14-16-25)35-21-27(23-9-5-3-6-10-23)28-29(31-22-32-30(28)35)33-17-19-34(20-18-33)39(36,37)26-11-7-4-8-12-26/h3-16,21-22H,2,17-20H2,1H3. The molecule has 198 valence electrons. The molecule has 8 nitrogen and oxygen atoms in total. The summed E-state index contributed by atoms with van der Waals surface area (Å²) in [6, 6.07) is 26.8. The molecule has 0 aliphatic carbocycles. The summed E-state index contributed by atoms with van der Waals surface area (Å²) >= 11 is 0. The number of aromatic nitrogens is 3. The lowest BCUT2D eigenvalue weighted by atomic mass is 10.1. The molecule has 0 bridgehead atoms. The summed E-state index contributed by atoms with van der Waals surface area (Å²) in [4.78, 5) is 11.9. The molecule has 0 N–H and O–H groups in total. The van der Waals surface area contributed by atoms with E-state index in [0.29, 0.717) is 37.7 Å². The molecule has 1 fully saturated rings. The summed E-state index contributed by atoms with van der Waals surface area (Å²) in [5.41, 5.74) is 3.85. The second kappa shape index (κ2) is 10.5. The van der Waals surface area contributed by atoms with Gasteiger partial charge in [-0.25, -0.2) is 18.4 Å². The number of ether oxygens (including phenoxy) is 1. The Bertz CT molecular complexity index is 1680. The Morgan fingerprint density at radius 1 is 0.821 bits per heavy atom. The third-order valence-corrected chi connectivity index (χ3v) is 8.91. The topological polar surface area (TPSA) is 80.6 Å². The van der Waals surface area contributed by atoms with E-state index in [2.05, 4.69) is 27.8 Å². The number of rotatable bonds is 7. The van der Waals surface area contributed by atoms with Gasteiger partial charge < -0.3 is 14.2 Å². The lowest BCUT2D eigenvalue weighted by Crippen LogP contribution is -2.49. The molecule has 0 unspecified atom stereocenters. The number of fused-ring (bicyclic) bond motifs is 1. The number of nitrogens with zero attached hydrogens (tertiary/aromatic N) is 5. The molecular weight excluding hydrogens is 510 g/mol. The molecule has 0 amide bonds. The Hall–Kier alpha value is -4.21. The zero-order chi connectivity index (χ0) is 26.8. The molecule has 6 rings (SSSR count). The van der Waals surface area contributed by atoms with Gasteiger partial charge in [-0.3, -0.25) is 0 Å². The average Bonchev–Trinajstić information content (AvgIpc) is 3.39. The van der Waals surface area contributed by atoms with Crippen LogP contribution in [0.1, 0.15) is 6.92 Å². The summed E-state index contributed by atoms with van der Waals surface area (Å²) in [6.45, 7) is 4.39. The maximum absolute atomic E-state index is 13.2. The van der Waals surface area contributed by atoms with Crippen LogP contribution in [0.3, 0.4) is 0 Å². The maximum Gasteiger partial charge on any atom is 0.243 e. The highest BCUT2D eigenvalue weighted by Crippen LogP contribution is 2.37. The molecule has 0 saturated carbocycles. The summed E-state index contributed by atoms with van der Waals surface area (Å²) < 4.78 is 35.6. The van der Waals surface area contributed by atoms with E-state index in [1.54, 1.807) is 34.9 Å². The zero-order valence-corrected chi connectivity index (χ0v) is 22.5. The molecule has 5 aromatic rings. The van der Waals surface area contributed by atoms with E-state index in [0.717, 1.165) is 39.4 Å². The van der Waals surface area contributed by atoms with Gasteiger partial charge in [-0.15, -0.1) is 0 Å². The molecule has 9 heteroatoms. The van der Waals surface area contributed by atoms with E-state index in [1.807, 2.05) is 55.5 Å². The monoisotopic (exact) mass is 539 g/mol. The fourth-order valence-electron chi connectivity index (χ4n) is 5.07. The molecule has 0 spiro atoms. The largest absolute Gasteiger partial charge is 0.494 e. The smallest absolute Gasteiger partial charge is 0.243 e. The van der Waals surface area contributed by atoms with E-state index < -0.39 is 10.0 Å². The first kappa shape index (κ1) is 25.1. The molecule has 1 saturated heterocycles. The fourth-order valence-corrected chi connectivity index (χ4v) is 6.51. The van der Waals surface area contributed by atoms with Gasteiger partial charge >= 0.3 is 0 Å². The second-order valence-corrected chi connectivity index (χ2v) is 11.2. The molecule has 39 heavy (non-hydrogen) atoms. The van der Waals surface area contributed by atoms with Gasteiger partial charge in [-0.2, -0.15) is 4.31 Å². The number of benzene rings is 3. The van der Waals surface area contributed by atoms with E-state index in [9.17, 15) is 8.42 Å². The Kier molecular flexibility index (Phi) is 6.76. The van der Waals surface area contributed by atoms with Crippen LogP contribution in [0.15, 0.2) is 102 Å². The van der Waals surface area contributed by atoms with Gasteiger partial charge in [-0.05, 0) is 48.9 Å². The van der Waals surface area contributed by atoms with Crippen LogP contribution in [0.25, 0.3) is 27.8 Å². The quantitative estimate of drug-likeness (QED) is 0.290. The minimum atomic E-state index is -3.54. The predicted octanol–water partition coefficient (Wildman–Crippen LogP) is 5.00. The SMILES string of the molecule is CCOc1ccc(-n2cc(-c3ccccc3)c3c(N4CCN(S(=O)(=O)c5ccccc5)CC4)ncnc32)cc1. The Morgan fingerprint density at radius 2 is 1.49 bits per heavy atom. The minimum absolute atomic E-state index is 0.321. The van der Waals surface area contributed by atoms with Gasteiger partial charge in [0.05, 0.1) is 16.9 Å². The van der Waals surface area contributed by atoms with E-state index in [4.69, 9.17) is 14.7 Å². The van der Waals surface area contributed by atoms with E-state index in [-0.39, 0.29) is 0 Å². The number of piperazine rings is 1. The highest BCUT2D eigenvalue weighted by molar-refractivity contribution is 7.89. The summed E-state index contributed by atoms with van der Waals surface area (Å²) in [6.07, 6.45) is 3.69. The maximum atomic E-state index is 13.2. The van der Waals surface area contributed by atoms with Crippen molar-refractivity contribution >= 4 is 26.9 Å². The summed E-state index contributed by atoms with van der Waals surface area (Å²) in [5, 5.41) is 0.942. The van der Waals surface area contributed by atoms with Crippen molar-refractivity contribution in [2.75, 3.05) is 37.7 Å². The molecule has 1 aliphatic heterocycles. The molecule has 0 atom stereocenters. The van der Waals surface area contributed by atoms with Crippen LogP contribution in [0, 0.1) is 0 Å². The van der Waals surface area contributed by atoms with Gasteiger partial charge in [0, 0.05) is 43.6 Å². The highest BCUT2D eigenvalue weighted by atomic mass is 32.2. The van der Waals surface area contributed by atoms with Crippen molar-refractivity contribution < 1.29 is 13.2 Å². The third kappa shape index (κ3) is 4.75. The number of anilines is 1. The molecule has 3 heterocycles. The van der Waals surface area contributed by atoms with Crippen LogP contribution in [0.4, 0.5) is 5.82 Å². The first-order valence-corrected chi connectivity index (χ1v) is 14.4. The molecule has 1 aliphatic rings. The van der Waals surface area contributed by atoms with Crippen molar-refractivity contribution in [3.05, 3.63) is 97.5 Å². The lowest BCUT2D eigenvalue weighted by Gasteiger charge is -2.35. The van der Waals surface area contributed by atoms with Crippen molar-refractivity contribution in [2.24, 2.45) is 0 Å². The van der Waals surface area contributed by atoms with Gasteiger partial charge in [0.15, 0.2) is 5.65 Å². The van der Waals surface area contributed by atoms with Crippen molar-refractivity contribution in [1.82, 2.24) is 18.8 Å². The van der Waals surface area contributed by atoms with Gasteiger partial charge in [0.1, 0.15) is 17.9 Å². The predicted molar refractivity (Wildman–Crippen MR) is 153 cm³/mol. The van der Waals surface area contributed by atoms with Crippen molar-refractivity contribution in [2.45, 2.75) is 11.8 Å². The Labute approximate surface area is 228 Å². The Morgan fingerprint density at radius 3 is 2.15 bits per heavy atom. The van der Waals surface area contributed by atoms with E-state index in [1.165, 1.54) is 0 Å². The zero-order valence-electron chi connectivity index (χ0n) is 21.6. The molecule has 3 aromatic carbocycles. The van der Waals surface area contributed by atoms with E-state index >= 15 is 0 Å². The van der Waals surface area contributed by atoms with Gasteiger partial charge in [0.2, 0.25) is 10.0 Å². The number of hydrogen-bond acceptors (Lipinski definition) is 6. The molecular formula is C30H29N5O3S. The van der Waals surface area contributed by atoms with Crippen LogP contribution in [-0.4, -0.2) is 60.0 Å². The first-order chi connectivity index (χ1) is 19.1. The Balaban J connectivity index is 1.38. The lowest BCUT2D eigenvalue weighted by molar-refractivity contribution is 0.340. The van der Waals surface area contributed by atoms with Crippen LogP contribution < -0.4 is 9.64 Å². The summed E-state index contributed by atoms with van der Waals surface area (Å²) in [7, 11) is -3.54. The highest BCUT2D eigenvalue weighted by Gasteiger charge is 2.30. The van der Waals surface area contributed by atoms with Crippen LogP contribution in [0.5, 0.6) is 5.75 Å². The van der Waals surface area contributed by atoms with Crippen molar-refractivity contribution in [3.63, 3.8) is 0 Å². The normalized spacial score (nSPS) is 14.5.